The summed E-state index contributed by atoms with van der Waals surface area (Å²) < 4.78 is 2.57. The van der Waals surface area contributed by atoms with E-state index < -0.39 is 0 Å². The van der Waals surface area contributed by atoms with Crippen LogP contribution in [0.15, 0.2) is 115 Å². The van der Waals surface area contributed by atoms with Crippen LogP contribution in [0.25, 0.3) is 49.2 Å². The van der Waals surface area contributed by atoms with Crippen LogP contribution in [0.4, 0.5) is 17.1 Å². The van der Waals surface area contributed by atoms with E-state index in [1.807, 2.05) is 0 Å². The maximum atomic E-state index is 5.66. The Morgan fingerprint density at radius 3 is 2.15 bits per heavy atom. The lowest BCUT2D eigenvalue weighted by atomic mass is 9.33. The molecule has 0 N–H and O–H groups in total. The summed E-state index contributed by atoms with van der Waals surface area (Å²) in [6.07, 6.45) is 0. The second kappa shape index (κ2) is 8.51. The van der Waals surface area contributed by atoms with Crippen LogP contribution in [0.2, 0.25) is 0 Å². The van der Waals surface area contributed by atoms with Crippen LogP contribution < -0.4 is 21.3 Å². The standard InChI is InChI=1S/C43H32BN3/c1-24(2)38-27-15-6-5-13-25(27)29-23-36-37-42(39(29)45-38)47-34-21-9-7-14-26(34)28-16-11-19-32(40(28)47)44(37)33-20-12-18-31-41(33)46(36)35-22-10-8-17-30(35)43(31,3)4/h5-24H,1-4H3. The molecule has 2 aromatic heterocycles. The van der Waals surface area contributed by atoms with E-state index in [2.05, 4.69) is 152 Å². The third kappa shape index (κ3) is 2.94. The monoisotopic (exact) mass is 601 g/mol. The number of nitrogens with zero attached hydrogens (tertiary/aromatic N) is 3. The quantitative estimate of drug-likeness (QED) is 0.138. The molecule has 0 amide bonds. The molecule has 5 heterocycles. The summed E-state index contributed by atoms with van der Waals surface area (Å²) in [5.74, 6) is 0.292. The van der Waals surface area contributed by atoms with Gasteiger partial charge in [0, 0.05) is 43.9 Å². The zero-order chi connectivity index (χ0) is 31.3. The van der Waals surface area contributed by atoms with E-state index in [4.69, 9.17) is 4.98 Å². The summed E-state index contributed by atoms with van der Waals surface area (Å²) in [5, 5.41) is 6.33. The minimum Gasteiger partial charge on any atom is -0.311 e. The van der Waals surface area contributed by atoms with Crippen molar-refractivity contribution in [3.05, 3.63) is 132 Å². The van der Waals surface area contributed by atoms with Crippen molar-refractivity contribution in [3.63, 3.8) is 0 Å². The molecule has 0 fully saturated rings. The van der Waals surface area contributed by atoms with E-state index in [0.717, 1.165) is 11.2 Å². The van der Waals surface area contributed by atoms with Crippen molar-refractivity contribution in [2.24, 2.45) is 0 Å². The fourth-order valence-corrected chi connectivity index (χ4v) is 9.49. The van der Waals surface area contributed by atoms with Crippen molar-refractivity contribution >= 4 is 83.6 Å². The second-order valence-electron chi connectivity index (χ2n) is 14.5. The third-order valence-electron chi connectivity index (χ3n) is 11.4. The number of anilines is 3. The number of fused-ring (bicyclic) bond motifs is 13. The molecule has 0 radical (unpaired) electrons. The predicted octanol–water partition coefficient (Wildman–Crippen LogP) is 8.86. The number of rotatable bonds is 1. The van der Waals surface area contributed by atoms with Crippen molar-refractivity contribution < 1.29 is 0 Å². The first-order chi connectivity index (χ1) is 22.9. The van der Waals surface area contributed by atoms with Gasteiger partial charge in [0.25, 0.3) is 6.71 Å². The van der Waals surface area contributed by atoms with Crippen molar-refractivity contribution in [2.75, 3.05) is 4.90 Å². The molecule has 0 saturated heterocycles. The molecule has 0 aliphatic carbocycles. The molecule has 11 rings (SSSR count). The van der Waals surface area contributed by atoms with E-state index in [9.17, 15) is 0 Å². The lowest BCUT2D eigenvalue weighted by molar-refractivity contribution is 0.632. The first kappa shape index (κ1) is 25.8. The van der Waals surface area contributed by atoms with Gasteiger partial charge in [0.1, 0.15) is 0 Å². The predicted molar refractivity (Wildman–Crippen MR) is 199 cm³/mol. The number of para-hydroxylation sites is 4. The molecule has 0 spiro atoms. The van der Waals surface area contributed by atoms with E-state index >= 15 is 0 Å². The molecule has 8 aromatic rings. The van der Waals surface area contributed by atoms with Crippen LogP contribution in [-0.4, -0.2) is 16.3 Å². The zero-order valence-electron chi connectivity index (χ0n) is 27.0. The van der Waals surface area contributed by atoms with Gasteiger partial charge in [0.15, 0.2) is 0 Å². The summed E-state index contributed by atoms with van der Waals surface area (Å²) in [6.45, 7) is 9.43. The Balaban J connectivity index is 1.44. The molecule has 0 atom stereocenters. The molecule has 0 unspecified atom stereocenters. The molecule has 3 aliphatic heterocycles. The smallest absolute Gasteiger partial charge is 0.252 e. The summed E-state index contributed by atoms with van der Waals surface area (Å²) >= 11 is 0. The van der Waals surface area contributed by atoms with Gasteiger partial charge in [-0.3, -0.25) is 0 Å². The van der Waals surface area contributed by atoms with Crippen LogP contribution in [0.3, 0.4) is 0 Å². The second-order valence-corrected chi connectivity index (χ2v) is 14.5. The summed E-state index contributed by atoms with van der Waals surface area (Å²) in [7, 11) is 0. The van der Waals surface area contributed by atoms with Gasteiger partial charge >= 0.3 is 0 Å². The highest BCUT2D eigenvalue weighted by Gasteiger charge is 2.48. The zero-order valence-corrected chi connectivity index (χ0v) is 27.0. The van der Waals surface area contributed by atoms with Crippen LogP contribution in [-0.2, 0) is 5.41 Å². The highest BCUT2D eigenvalue weighted by Crippen LogP contribution is 2.54. The van der Waals surface area contributed by atoms with Crippen LogP contribution in [0.1, 0.15) is 50.4 Å². The lowest BCUT2D eigenvalue weighted by Crippen LogP contribution is -2.61. The Morgan fingerprint density at radius 2 is 1.30 bits per heavy atom. The molecular formula is C43H32BN3. The fraction of sp³-hybridized carbons (Fsp3) is 0.140. The fourth-order valence-electron chi connectivity index (χ4n) is 9.49. The molecule has 4 heteroatoms. The number of aromatic nitrogens is 2. The SMILES string of the molecule is CC(C)c1nc2c3c4c(cc2c2ccccc12)N1c2ccccc2C(C)(C)c2cccc(c21)B4c1cccc2c4ccccc4n-3c12. The highest BCUT2D eigenvalue weighted by atomic mass is 15.2. The van der Waals surface area contributed by atoms with Crippen molar-refractivity contribution in [1.82, 2.24) is 9.55 Å². The largest absolute Gasteiger partial charge is 0.311 e. The molecule has 0 bridgehead atoms. The van der Waals surface area contributed by atoms with Gasteiger partial charge in [0.2, 0.25) is 0 Å². The normalized spacial score (nSPS) is 15.1. The maximum absolute atomic E-state index is 5.66. The molecule has 3 aliphatic rings. The average molecular weight is 602 g/mol. The highest BCUT2D eigenvalue weighted by molar-refractivity contribution is 7.00. The number of pyridine rings is 1. The minimum absolute atomic E-state index is 0.0907. The summed E-state index contributed by atoms with van der Waals surface area (Å²) in [6, 6.07) is 43.4. The molecule has 0 saturated carbocycles. The first-order valence-corrected chi connectivity index (χ1v) is 16.9. The van der Waals surface area contributed by atoms with Crippen LogP contribution >= 0.6 is 0 Å². The average Bonchev–Trinajstić information content (AvgIpc) is 3.43. The van der Waals surface area contributed by atoms with Crippen molar-refractivity contribution in [1.29, 1.82) is 0 Å². The van der Waals surface area contributed by atoms with Crippen molar-refractivity contribution in [3.8, 4) is 5.69 Å². The van der Waals surface area contributed by atoms with Crippen molar-refractivity contribution in [2.45, 2.75) is 39.0 Å². The number of hydrogen-bond donors (Lipinski definition) is 0. The lowest BCUT2D eigenvalue weighted by Gasteiger charge is -2.48. The first-order valence-electron chi connectivity index (χ1n) is 16.9. The molecular weight excluding hydrogens is 569 g/mol. The Kier molecular flexibility index (Phi) is 4.67. The van der Waals surface area contributed by atoms with E-state index in [1.165, 1.54) is 88.2 Å². The van der Waals surface area contributed by atoms with E-state index in [0.29, 0.717) is 5.92 Å². The maximum Gasteiger partial charge on any atom is 0.252 e. The van der Waals surface area contributed by atoms with E-state index in [-0.39, 0.29) is 12.1 Å². The van der Waals surface area contributed by atoms with Gasteiger partial charge in [-0.2, -0.15) is 0 Å². The van der Waals surface area contributed by atoms with Gasteiger partial charge in [-0.05, 0) is 57.0 Å². The minimum atomic E-state index is -0.133. The van der Waals surface area contributed by atoms with Gasteiger partial charge in [-0.25, -0.2) is 4.98 Å². The molecule has 222 valence electrons. The number of hydrogen-bond acceptors (Lipinski definition) is 2. The van der Waals surface area contributed by atoms with Gasteiger partial charge in [0.05, 0.1) is 28.1 Å². The Bertz CT molecular complexity index is 2710. The van der Waals surface area contributed by atoms with Gasteiger partial charge in [-0.1, -0.05) is 125 Å². The Morgan fingerprint density at radius 1 is 0.617 bits per heavy atom. The molecule has 6 aromatic carbocycles. The Labute approximate surface area is 274 Å². The summed E-state index contributed by atoms with van der Waals surface area (Å²) in [5.41, 5.74) is 16.7. The molecule has 3 nitrogen and oxygen atoms in total. The van der Waals surface area contributed by atoms with E-state index in [1.54, 1.807) is 0 Å². The third-order valence-corrected chi connectivity index (χ3v) is 11.4. The molecule has 47 heavy (non-hydrogen) atoms. The Hall–Kier alpha value is -5.35. The number of benzene rings is 6. The topological polar surface area (TPSA) is 21.1 Å². The van der Waals surface area contributed by atoms with Crippen LogP contribution in [0, 0.1) is 0 Å². The van der Waals surface area contributed by atoms with Gasteiger partial charge in [-0.15, -0.1) is 0 Å². The summed E-state index contributed by atoms with van der Waals surface area (Å²) in [4.78, 5) is 8.26. The van der Waals surface area contributed by atoms with Gasteiger partial charge < -0.3 is 9.47 Å². The van der Waals surface area contributed by atoms with Crippen LogP contribution in [0.5, 0.6) is 0 Å².